The van der Waals surface area contributed by atoms with E-state index in [-0.39, 0.29) is 42.2 Å². The number of rotatable bonds is 9. The van der Waals surface area contributed by atoms with Gasteiger partial charge in [0.25, 0.3) is 0 Å². The number of hydrazine groups is 1. The van der Waals surface area contributed by atoms with E-state index < -0.39 is 41.1 Å². The first kappa shape index (κ1) is 24.8. The Morgan fingerprint density at radius 2 is 1.62 bits per heavy atom. The Bertz CT molecular complexity index is 1130. The quantitative estimate of drug-likeness (QED) is 0.148. The van der Waals surface area contributed by atoms with Crippen LogP contribution in [0.3, 0.4) is 0 Å². The summed E-state index contributed by atoms with van der Waals surface area (Å²) in [5.41, 5.74) is 3.32. The molecule has 2 aromatic carbocycles. The van der Waals surface area contributed by atoms with Gasteiger partial charge in [0.05, 0.1) is 5.69 Å². The highest BCUT2D eigenvalue weighted by molar-refractivity contribution is 5.66. The minimum atomic E-state index is -4.92. The van der Waals surface area contributed by atoms with E-state index in [9.17, 15) is 30.7 Å². The number of anilines is 3. The van der Waals surface area contributed by atoms with Gasteiger partial charge >= 0.3 is 6.36 Å². The zero-order valence-electron chi connectivity index (χ0n) is 17.0. The number of alkyl halides is 3. The maximum absolute atomic E-state index is 13.9. The Labute approximate surface area is 187 Å². The van der Waals surface area contributed by atoms with Gasteiger partial charge in [0, 0.05) is 30.8 Å². The normalized spacial score (nSPS) is 11.3. The molecule has 0 radical (unpaired) electrons. The molecule has 1 aromatic heterocycles. The summed E-state index contributed by atoms with van der Waals surface area (Å²) in [4.78, 5) is 8.17. The first-order valence-corrected chi connectivity index (χ1v) is 9.52. The summed E-state index contributed by atoms with van der Waals surface area (Å²) in [6, 6.07) is 6.06. The molecule has 0 saturated carbocycles. The van der Waals surface area contributed by atoms with Crippen LogP contribution in [0.2, 0.25) is 0 Å². The second-order valence-electron chi connectivity index (χ2n) is 6.63. The molecule has 3 rings (SSSR count). The SMILES string of the molecule is OCCCNc1nc(NNc2c(F)c(F)cc(F)c2F)cc(-c2cccc(OC(F)(F)F)c2)n1. The number of hydrogen-bond donors (Lipinski definition) is 4. The van der Waals surface area contributed by atoms with Crippen molar-refractivity contribution >= 4 is 17.5 Å². The van der Waals surface area contributed by atoms with Crippen molar-refractivity contribution in [3.8, 4) is 17.0 Å². The highest BCUT2D eigenvalue weighted by atomic mass is 19.4. The maximum Gasteiger partial charge on any atom is 0.573 e. The monoisotopic (exact) mass is 491 g/mol. The fraction of sp³-hybridized carbons (Fsp3) is 0.200. The van der Waals surface area contributed by atoms with Crippen LogP contribution in [-0.2, 0) is 0 Å². The molecule has 1 heterocycles. The summed E-state index contributed by atoms with van der Waals surface area (Å²) in [6.07, 6.45) is -4.62. The van der Waals surface area contributed by atoms with Crippen LogP contribution < -0.4 is 20.9 Å². The minimum absolute atomic E-state index is 0.0395. The largest absolute Gasteiger partial charge is 0.573 e. The zero-order chi connectivity index (χ0) is 24.9. The summed E-state index contributed by atoms with van der Waals surface area (Å²) in [5, 5.41) is 11.7. The molecule has 0 unspecified atom stereocenters. The van der Waals surface area contributed by atoms with Crippen molar-refractivity contribution in [2.24, 2.45) is 0 Å². The first-order valence-electron chi connectivity index (χ1n) is 9.52. The molecule has 0 spiro atoms. The van der Waals surface area contributed by atoms with Crippen molar-refractivity contribution in [1.82, 2.24) is 9.97 Å². The minimum Gasteiger partial charge on any atom is -0.406 e. The highest BCUT2D eigenvalue weighted by Crippen LogP contribution is 2.29. The standard InChI is InChI=1S/C20H16F7N5O2/c21-12-8-13(22)17(24)18(16(12)23)32-31-15-9-14(29-19(30-15)28-5-2-6-33)10-3-1-4-11(7-10)34-20(25,26)27/h1,3-4,7-9,32-33H,2,5-6H2,(H2,28,29,30,31). The predicted molar refractivity (Wildman–Crippen MR) is 108 cm³/mol. The second-order valence-corrected chi connectivity index (χ2v) is 6.63. The first-order chi connectivity index (χ1) is 16.1. The number of hydrogen-bond acceptors (Lipinski definition) is 7. The van der Waals surface area contributed by atoms with E-state index in [1.54, 1.807) is 0 Å². The summed E-state index contributed by atoms with van der Waals surface area (Å²) < 4.78 is 96.2. The zero-order valence-corrected chi connectivity index (χ0v) is 17.0. The lowest BCUT2D eigenvalue weighted by molar-refractivity contribution is -0.274. The molecule has 0 atom stereocenters. The molecule has 0 saturated heterocycles. The molecule has 0 fully saturated rings. The van der Waals surface area contributed by atoms with E-state index in [4.69, 9.17) is 5.11 Å². The van der Waals surface area contributed by atoms with Crippen LogP contribution in [0.1, 0.15) is 6.42 Å². The van der Waals surface area contributed by atoms with Gasteiger partial charge in [-0.1, -0.05) is 12.1 Å². The third-order valence-corrected chi connectivity index (χ3v) is 4.13. The number of halogens is 7. The van der Waals surface area contributed by atoms with Crippen LogP contribution >= 0.6 is 0 Å². The number of nitrogens with one attached hydrogen (secondary N) is 3. The van der Waals surface area contributed by atoms with Gasteiger partial charge in [0.15, 0.2) is 29.1 Å². The van der Waals surface area contributed by atoms with E-state index >= 15 is 0 Å². The van der Waals surface area contributed by atoms with Crippen molar-refractivity contribution < 1.29 is 40.6 Å². The number of ether oxygens (including phenoxy) is 1. The Balaban J connectivity index is 1.93. The fourth-order valence-corrected chi connectivity index (χ4v) is 2.68. The van der Waals surface area contributed by atoms with Gasteiger partial charge in [0.2, 0.25) is 5.95 Å². The Kier molecular flexibility index (Phi) is 7.61. The van der Waals surface area contributed by atoms with Gasteiger partial charge in [-0.25, -0.2) is 22.5 Å². The van der Waals surface area contributed by atoms with Gasteiger partial charge in [0.1, 0.15) is 11.4 Å². The number of aliphatic hydroxyl groups excluding tert-OH is 1. The molecular weight excluding hydrogens is 475 g/mol. The van der Waals surface area contributed by atoms with E-state index in [1.807, 2.05) is 5.43 Å². The highest BCUT2D eigenvalue weighted by Gasteiger charge is 2.31. The summed E-state index contributed by atoms with van der Waals surface area (Å²) in [6.45, 7) is 0.0578. The summed E-state index contributed by atoms with van der Waals surface area (Å²) in [5.74, 6) is -7.42. The van der Waals surface area contributed by atoms with E-state index in [0.717, 1.165) is 12.1 Å². The number of benzene rings is 2. The predicted octanol–water partition coefficient (Wildman–Crippen LogP) is 4.83. The molecule has 182 valence electrons. The molecule has 0 amide bonds. The third-order valence-electron chi connectivity index (χ3n) is 4.13. The maximum atomic E-state index is 13.9. The third kappa shape index (κ3) is 6.37. The summed E-state index contributed by atoms with van der Waals surface area (Å²) in [7, 11) is 0. The molecule has 34 heavy (non-hydrogen) atoms. The number of nitrogens with zero attached hydrogens (tertiary/aromatic N) is 2. The fourth-order valence-electron chi connectivity index (χ4n) is 2.68. The molecule has 7 nitrogen and oxygen atoms in total. The Hall–Kier alpha value is -3.81. The Morgan fingerprint density at radius 1 is 0.912 bits per heavy atom. The lowest BCUT2D eigenvalue weighted by atomic mass is 10.1. The average molecular weight is 491 g/mol. The van der Waals surface area contributed by atoms with E-state index in [0.29, 0.717) is 6.42 Å². The Morgan fingerprint density at radius 3 is 2.26 bits per heavy atom. The second kappa shape index (κ2) is 10.4. The molecule has 14 heteroatoms. The van der Waals surface area contributed by atoms with Gasteiger partial charge in [-0.15, -0.1) is 13.2 Å². The van der Waals surface area contributed by atoms with Crippen molar-refractivity contribution in [3.63, 3.8) is 0 Å². The van der Waals surface area contributed by atoms with Crippen LogP contribution in [-0.4, -0.2) is 34.6 Å². The van der Waals surface area contributed by atoms with Gasteiger partial charge in [-0.05, 0) is 18.6 Å². The number of aliphatic hydroxyl groups is 1. The molecule has 3 aromatic rings. The van der Waals surface area contributed by atoms with Gasteiger partial charge in [-0.2, -0.15) is 4.98 Å². The van der Waals surface area contributed by atoms with Crippen LogP contribution in [0.5, 0.6) is 5.75 Å². The average Bonchev–Trinajstić information content (AvgIpc) is 2.77. The molecule has 0 aliphatic rings. The molecular formula is C20H16F7N5O2. The van der Waals surface area contributed by atoms with Crippen molar-refractivity contribution in [2.45, 2.75) is 12.8 Å². The van der Waals surface area contributed by atoms with Gasteiger partial charge in [-0.3, -0.25) is 10.9 Å². The van der Waals surface area contributed by atoms with Crippen molar-refractivity contribution in [3.05, 3.63) is 59.7 Å². The molecule has 0 aliphatic heterocycles. The van der Waals surface area contributed by atoms with Crippen molar-refractivity contribution in [2.75, 3.05) is 29.3 Å². The molecule has 0 aliphatic carbocycles. The van der Waals surface area contributed by atoms with Crippen LogP contribution in [0, 0.1) is 23.3 Å². The van der Waals surface area contributed by atoms with Gasteiger partial charge < -0.3 is 15.2 Å². The van der Waals surface area contributed by atoms with E-state index in [2.05, 4.69) is 25.4 Å². The van der Waals surface area contributed by atoms with Crippen LogP contribution in [0.25, 0.3) is 11.3 Å². The van der Waals surface area contributed by atoms with Crippen LogP contribution in [0.15, 0.2) is 36.4 Å². The molecule has 0 bridgehead atoms. The lowest BCUT2D eigenvalue weighted by Gasteiger charge is -2.14. The number of aromatic nitrogens is 2. The molecule has 4 N–H and O–H groups in total. The van der Waals surface area contributed by atoms with Crippen molar-refractivity contribution in [1.29, 1.82) is 0 Å². The van der Waals surface area contributed by atoms with Crippen LogP contribution in [0.4, 0.5) is 48.2 Å². The van der Waals surface area contributed by atoms with E-state index in [1.165, 1.54) is 18.2 Å². The topological polar surface area (TPSA) is 91.3 Å². The smallest absolute Gasteiger partial charge is 0.406 e. The summed E-state index contributed by atoms with van der Waals surface area (Å²) >= 11 is 0. The lowest BCUT2D eigenvalue weighted by Crippen LogP contribution is -2.17.